The van der Waals surface area contributed by atoms with Crippen molar-refractivity contribution < 1.29 is 0 Å². The lowest BCUT2D eigenvalue weighted by atomic mass is 9.93. The molecule has 1 aromatic heterocycles. The molecule has 20 heavy (non-hydrogen) atoms. The Balaban J connectivity index is 1.93. The molecule has 1 atom stereocenters. The van der Waals surface area contributed by atoms with Gasteiger partial charge in [0.05, 0.1) is 28.0 Å². The summed E-state index contributed by atoms with van der Waals surface area (Å²) in [6.07, 6.45) is 5.14. The van der Waals surface area contributed by atoms with Crippen LogP contribution < -0.4 is 5.32 Å². The van der Waals surface area contributed by atoms with E-state index in [0.29, 0.717) is 15.1 Å². The van der Waals surface area contributed by atoms with Gasteiger partial charge >= 0.3 is 0 Å². The zero-order chi connectivity index (χ0) is 14.3. The van der Waals surface area contributed by atoms with Crippen molar-refractivity contribution in [3.8, 4) is 0 Å². The van der Waals surface area contributed by atoms with E-state index < -0.39 is 0 Å². The van der Waals surface area contributed by atoms with Crippen LogP contribution in [0.1, 0.15) is 30.1 Å². The Morgan fingerprint density at radius 3 is 2.65 bits per heavy atom. The van der Waals surface area contributed by atoms with Crippen LogP contribution in [0.25, 0.3) is 0 Å². The monoisotopic (exact) mass is 329 g/mol. The molecule has 0 amide bonds. The van der Waals surface area contributed by atoms with Crippen molar-refractivity contribution in [3.63, 3.8) is 0 Å². The molecule has 106 valence electrons. The first-order valence-corrected chi connectivity index (χ1v) is 7.61. The minimum Gasteiger partial charge on any atom is -0.376 e. The summed E-state index contributed by atoms with van der Waals surface area (Å²) in [7, 11) is 1.98. The van der Waals surface area contributed by atoms with Crippen molar-refractivity contribution in [2.45, 2.75) is 25.3 Å². The van der Waals surface area contributed by atoms with Gasteiger partial charge in [-0.3, -0.25) is 4.68 Å². The molecular weight excluding hydrogens is 317 g/mol. The second kappa shape index (κ2) is 5.47. The average molecular weight is 331 g/mol. The van der Waals surface area contributed by atoms with Crippen LogP contribution in [-0.2, 0) is 13.5 Å². The molecule has 0 bridgehead atoms. The van der Waals surface area contributed by atoms with Crippen LogP contribution in [0.2, 0.25) is 15.1 Å². The Morgan fingerprint density at radius 2 is 1.95 bits per heavy atom. The minimum absolute atomic E-state index is 0.184. The van der Waals surface area contributed by atoms with E-state index >= 15 is 0 Å². The van der Waals surface area contributed by atoms with E-state index in [-0.39, 0.29) is 6.04 Å². The van der Waals surface area contributed by atoms with Gasteiger partial charge in [-0.25, -0.2) is 0 Å². The first kappa shape index (κ1) is 14.1. The molecule has 1 aliphatic rings. The molecule has 3 nitrogen and oxygen atoms in total. The number of aromatic nitrogens is 2. The van der Waals surface area contributed by atoms with Crippen LogP contribution in [0.15, 0.2) is 18.3 Å². The fourth-order valence-corrected chi connectivity index (χ4v) is 3.64. The molecule has 0 aliphatic heterocycles. The van der Waals surface area contributed by atoms with E-state index in [9.17, 15) is 0 Å². The number of halogens is 3. The number of rotatable bonds is 2. The van der Waals surface area contributed by atoms with E-state index in [1.807, 2.05) is 17.9 Å². The fourth-order valence-electron chi connectivity index (χ4n) is 2.71. The fraction of sp³-hybridized carbons (Fsp3) is 0.357. The summed E-state index contributed by atoms with van der Waals surface area (Å²) in [5.74, 6) is 0. The highest BCUT2D eigenvalue weighted by molar-refractivity contribution is 6.41. The number of hydrogen-bond donors (Lipinski definition) is 1. The first-order chi connectivity index (χ1) is 9.56. The second-order valence-electron chi connectivity index (χ2n) is 5.00. The van der Waals surface area contributed by atoms with Crippen molar-refractivity contribution in [1.29, 1.82) is 0 Å². The number of aryl methyl sites for hydroxylation is 1. The molecule has 6 heteroatoms. The Kier molecular flexibility index (Phi) is 3.85. The summed E-state index contributed by atoms with van der Waals surface area (Å²) >= 11 is 18.4. The largest absolute Gasteiger partial charge is 0.376 e. The van der Waals surface area contributed by atoms with Crippen LogP contribution in [0, 0.1) is 0 Å². The van der Waals surface area contributed by atoms with Crippen LogP contribution in [0.5, 0.6) is 0 Å². The average Bonchev–Trinajstić information content (AvgIpc) is 2.77. The number of nitrogens with one attached hydrogen (secondary N) is 1. The number of hydrogen-bond acceptors (Lipinski definition) is 2. The van der Waals surface area contributed by atoms with Crippen molar-refractivity contribution >= 4 is 40.5 Å². The quantitative estimate of drug-likeness (QED) is 0.851. The zero-order valence-corrected chi connectivity index (χ0v) is 13.2. The maximum atomic E-state index is 6.23. The van der Waals surface area contributed by atoms with Gasteiger partial charge in [0.2, 0.25) is 0 Å². The van der Waals surface area contributed by atoms with E-state index in [4.69, 9.17) is 34.8 Å². The van der Waals surface area contributed by atoms with Crippen molar-refractivity contribution in [3.05, 3.63) is 44.7 Å². The Morgan fingerprint density at radius 1 is 1.25 bits per heavy atom. The molecule has 1 N–H and O–H groups in total. The van der Waals surface area contributed by atoms with Gasteiger partial charge in [-0.15, -0.1) is 0 Å². The molecule has 1 heterocycles. The molecule has 3 rings (SSSR count). The summed E-state index contributed by atoms with van der Waals surface area (Å²) < 4.78 is 1.94. The molecule has 0 saturated carbocycles. The molecule has 2 aromatic rings. The minimum atomic E-state index is 0.184. The first-order valence-electron chi connectivity index (χ1n) is 6.48. The molecule has 1 aliphatic carbocycles. The number of nitrogens with zero attached hydrogens (tertiary/aromatic N) is 2. The lowest BCUT2D eigenvalue weighted by Gasteiger charge is -2.25. The third-order valence-corrected chi connectivity index (χ3v) is 4.52. The third-order valence-electron chi connectivity index (χ3n) is 3.70. The van der Waals surface area contributed by atoms with Crippen LogP contribution in [0.3, 0.4) is 0 Å². The number of fused-ring (bicyclic) bond motifs is 1. The number of anilines is 1. The second-order valence-corrected chi connectivity index (χ2v) is 6.25. The highest BCUT2D eigenvalue weighted by Crippen LogP contribution is 2.39. The SMILES string of the molecule is Cn1ncc2c1CCCC2Nc1c(Cl)cc(Cl)cc1Cl. The molecule has 0 saturated heterocycles. The van der Waals surface area contributed by atoms with E-state index in [1.165, 1.54) is 11.3 Å². The lowest BCUT2D eigenvalue weighted by molar-refractivity contribution is 0.571. The molecular formula is C14H14Cl3N3. The maximum Gasteiger partial charge on any atom is 0.0724 e. The van der Waals surface area contributed by atoms with Crippen LogP contribution in [0.4, 0.5) is 5.69 Å². The van der Waals surface area contributed by atoms with Crippen molar-refractivity contribution in [1.82, 2.24) is 9.78 Å². The molecule has 1 aromatic carbocycles. The van der Waals surface area contributed by atoms with Gasteiger partial charge in [-0.1, -0.05) is 34.8 Å². The van der Waals surface area contributed by atoms with Crippen molar-refractivity contribution in [2.24, 2.45) is 7.05 Å². The van der Waals surface area contributed by atoms with Gasteiger partial charge in [-0.2, -0.15) is 5.10 Å². The van der Waals surface area contributed by atoms with E-state index in [2.05, 4.69) is 10.4 Å². The summed E-state index contributed by atoms with van der Waals surface area (Å²) in [5, 5.41) is 9.40. The maximum absolute atomic E-state index is 6.23. The van der Waals surface area contributed by atoms with Gasteiger partial charge in [0.25, 0.3) is 0 Å². The van der Waals surface area contributed by atoms with Crippen LogP contribution >= 0.6 is 34.8 Å². The molecule has 0 fully saturated rings. The van der Waals surface area contributed by atoms with Crippen molar-refractivity contribution in [2.75, 3.05) is 5.32 Å². The van der Waals surface area contributed by atoms with E-state index in [1.54, 1.807) is 12.1 Å². The Bertz CT molecular complexity index is 628. The zero-order valence-electron chi connectivity index (χ0n) is 11.0. The summed E-state index contributed by atoms with van der Waals surface area (Å²) in [6.45, 7) is 0. The highest BCUT2D eigenvalue weighted by Gasteiger charge is 2.24. The topological polar surface area (TPSA) is 29.9 Å². The lowest BCUT2D eigenvalue weighted by Crippen LogP contribution is -2.18. The third kappa shape index (κ3) is 2.50. The molecule has 0 radical (unpaired) electrons. The van der Waals surface area contributed by atoms with Gasteiger partial charge in [0, 0.05) is 23.3 Å². The standard InChI is InChI=1S/C14H14Cl3N3/c1-20-13-4-2-3-12(9(13)7-18-20)19-14-10(16)5-8(15)6-11(14)17/h5-7,12,19H,2-4H2,1H3. The van der Waals surface area contributed by atoms with Gasteiger partial charge < -0.3 is 5.32 Å². The summed E-state index contributed by atoms with van der Waals surface area (Å²) in [6, 6.07) is 3.58. The predicted molar refractivity (Wildman–Crippen MR) is 84.0 cm³/mol. The van der Waals surface area contributed by atoms with E-state index in [0.717, 1.165) is 24.9 Å². The highest BCUT2D eigenvalue weighted by atomic mass is 35.5. The van der Waals surface area contributed by atoms with Gasteiger partial charge in [-0.05, 0) is 31.4 Å². The Hall–Kier alpha value is -0.900. The van der Waals surface area contributed by atoms with Gasteiger partial charge in [0.15, 0.2) is 0 Å². The normalized spacial score (nSPS) is 17.9. The number of benzene rings is 1. The molecule has 1 unspecified atom stereocenters. The summed E-state index contributed by atoms with van der Waals surface area (Å²) in [5.41, 5.74) is 3.23. The summed E-state index contributed by atoms with van der Waals surface area (Å²) in [4.78, 5) is 0. The van der Waals surface area contributed by atoms with Gasteiger partial charge in [0.1, 0.15) is 0 Å². The predicted octanol–water partition coefficient (Wildman–Crippen LogP) is 4.87. The molecule has 0 spiro atoms. The van der Waals surface area contributed by atoms with Crippen LogP contribution in [-0.4, -0.2) is 9.78 Å². The Labute approximate surface area is 132 Å². The smallest absolute Gasteiger partial charge is 0.0724 e.